The fourth-order valence-corrected chi connectivity index (χ4v) is 3.38. The van der Waals surface area contributed by atoms with E-state index in [1.54, 1.807) is 18.2 Å². The number of carbonyl (C=O) groups is 2. The van der Waals surface area contributed by atoms with Crippen LogP contribution in [-0.2, 0) is 9.53 Å². The summed E-state index contributed by atoms with van der Waals surface area (Å²) < 4.78 is 5.69. The number of nitrogens with one attached hydrogen (secondary N) is 1. The summed E-state index contributed by atoms with van der Waals surface area (Å²) in [7, 11) is 1.36. The molecule has 5 heteroatoms. The zero-order chi connectivity index (χ0) is 15.9. The zero-order valence-electron chi connectivity index (χ0n) is 12.8. The molecule has 1 N–H and O–H groups in total. The average Bonchev–Trinajstić information content (AvgIpc) is 2.54. The molecule has 0 unspecified atom stereocenters. The minimum Gasteiger partial charge on any atom is -0.467 e. The van der Waals surface area contributed by atoms with Gasteiger partial charge in [0.2, 0.25) is 0 Å². The van der Waals surface area contributed by atoms with Gasteiger partial charge in [-0.3, -0.25) is 4.79 Å². The summed E-state index contributed by atoms with van der Waals surface area (Å²) >= 11 is 3.35. The molecule has 1 aromatic carbocycles. The van der Waals surface area contributed by atoms with Crippen molar-refractivity contribution in [3.05, 3.63) is 34.3 Å². The Kier molecular flexibility index (Phi) is 6.43. The molecule has 1 aliphatic rings. The van der Waals surface area contributed by atoms with Crippen LogP contribution in [0.2, 0.25) is 0 Å². The number of halogens is 1. The normalized spacial score (nSPS) is 16.8. The quantitative estimate of drug-likeness (QED) is 0.807. The van der Waals surface area contributed by atoms with E-state index < -0.39 is 6.04 Å². The van der Waals surface area contributed by atoms with Crippen LogP contribution >= 0.6 is 15.9 Å². The third kappa shape index (κ3) is 4.83. The lowest BCUT2D eigenvalue weighted by atomic mass is 9.85. The van der Waals surface area contributed by atoms with Crippen molar-refractivity contribution in [1.82, 2.24) is 5.32 Å². The molecule has 1 amide bonds. The second kappa shape index (κ2) is 8.32. The van der Waals surface area contributed by atoms with Gasteiger partial charge in [0.1, 0.15) is 6.04 Å². The van der Waals surface area contributed by atoms with Crippen LogP contribution in [0.3, 0.4) is 0 Å². The molecule has 0 saturated heterocycles. The van der Waals surface area contributed by atoms with Gasteiger partial charge in [-0.25, -0.2) is 4.79 Å². The van der Waals surface area contributed by atoms with E-state index in [9.17, 15) is 9.59 Å². The molecule has 1 fully saturated rings. The molecule has 0 bridgehead atoms. The second-order valence-electron chi connectivity index (χ2n) is 5.80. The highest BCUT2D eigenvalue weighted by Crippen LogP contribution is 2.27. The van der Waals surface area contributed by atoms with Crippen LogP contribution in [0.15, 0.2) is 28.7 Å². The molecular formula is C17H22BrNO3. The van der Waals surface area contributed by atoms with Gasteiger partial charge in [0.05, 0.1) is 7.11 Å². The first-order chi connectivity index (χ1) is 10.6. The summed E-state index contributed by atoms with van der Waals surface area (Å²) in [5, 5.41) is 2.82. The molecule has 120 valence electrons. The first-order valence-corrected chi connectivity index (χ1v) is 8.53. The van der Waals surface area contributed by atoms with Crippen LogP contribution in [0.1, 0.15) is 48.9 Å². The average molecular weight is 368 g/mol. The van der Waals surface area contributed by atoms with E-state index in [-0.39, 0.29) is 11.9 Å². The Morgan fingerprint density at radius 1 is 1.32 bits per heavy atom. The standard InChI is InChI=1S/C17H22BrNO3/c1-22-17(21)15(10-12-6-3-2-4-7-12)19-16(20)13-8-5-9-14(18)11-13/h5,8-9,11-12,15H,2-4,6-7,10H2,1H3,(H,19,20)/t15-/m1/s1. The monoisotopic (exact) mass is 367 g/mol. The van der Waals surface area contributed by atoms with E-state index >= 15 is 0 Å². The Labute approximate surface area is 139 Å². The van der Waals surface area contributed by atoms with Gasteiger partial charge >= 0.3 is 5.97 Å². The number of esters is 1. The predicted molar refractivity (Wildman–Crippen MR) is 88.6 cm³/mol. The number of methoxy groups -OCH3 is 1. The third-order valence-corrected chi connectivity index (χ3v) is 4.66. The molecule has 0 spiro atoms. The molecule has 0 radical (unpaired) electrons. The molecule has 1 aliphatic carbocycles. The van der Waals surface area contributed by atoms with Crippen LogP contribution in [0.5, 0.6) is 0 Å². The highest BCUT2D eigenvalue weighted by atomic mass is 79.9. The van der Waals surface area contributed by atoms with Crippen molar-refractivity contribution in [1.29, 1.82) is 0 Å². The highest BCUT2D eigenvalue weighted by molar-refractivity contribution is 9.10. The van der Waals surface area contributed by atoms with Crippen molar-refractivity contribution in [2.75, 3.05) is 7.11 Å². The van der Waals surface area contributed by atoms with Crippen molar-refractivity contribution in [2.45, 2.75) is 44.6 Å². The molecule has 0 heterocycles. The zero-order valence-corrected chi connectivity index (χ0v) is 14.4. The minimum atomic E-state index is -0.570. The summed E-state index contributed by atoms with van der Waals surface area (Å²) in [6.45, 7) is 0. The molecule has 0 aliphatic heterocycles. The first kappa shape index (κ1) is 17.0. The summed E-state index contributed by atoms with van der Waals surface area (Å²) in [4.78, 5) is 24.3. The summed E-state index contributed by atoms with van der Waals surface area (Å²) in [5.74, 6) is -0.123. The van der Waals surface area contributed by atoms with Crippen molar-refractivity contribution in [2.24, 2.45) is 5.92 Å². The number of carbonyl (C=O) groups excluding carboxylic acids is 2. The van der Waals surface area contributed by atoms with Crippen LogP contribution in [0, 0.1) is 5.92 Å². The Hall–Kier alpha value is -1.36. The Bertz CT molecular complexity index is 526. The number of hydrogen-bond donors (Lipinski definition) is 1. The van der Waals surface area contributed by atoms with Crippen molar-refractivity contribution in [3.63, 3.8) is 0 Å². The van der Waals surface area contributed by atoms with E-state index in [4.69, 9.17) is 4.74 Å². The molecule has 2 rings (SSSR count). The molecule has 4 nitrogen and oxygen atoms in total. The smallest absolute Gasteiger partial charge is 0.328 e. The maximum Gasteiger partial charge on any atom is 0.328 e. The summed E-state index contributed by atoms with van der Waals surface area (Å²) in [5.41, 5.74) is 0.534. The van der Waals surface area contributed by atoms with Crippen LogP contribution in [-0.4, -0.2) is 25.0 Å². The molecular weight excluding hydrogens is 346 g/mol. The number of benzene rings is 1. The van der Waals surface area contributed by atoms with Crippen LogP contribution < -0.4 is 5.32 Å². The minimum absolute atomic E-state index is 0.243. The fourth-order valence-electron chi connectivity index (χ4n) is 2.98. The van der Waals surface area contributed by atoms with Gasteiger partial charge in [0, 0.05) is 10.0 Å². The van der Waals surface area contributed by atoms with Gasteiger partial charge in [0.25, 0.3) is 5.91 Å². The maximum atomic E-state index is 12.3. The second-order valence-corrected chi connectivity index (χ2v) is 6.71. The Morgan fingerprint density at radius 3 is 2.68 bits per heavy atom. The van der Waals surface area contributed by atoms with E-state index in [1.165, 1.54) is 26.4 Å². The SMILES string of the molecule is COC(=O)[C@@H](CC1CCCCC1)NC(=O)c1cccc(Br)c1. The molecule has 1 saturated carbocycles. The lowest BCUT2D eigenvalue weighted by Crippen LogP contribution is -2.43. The third-order valence-electron chi connectivity index (χ3n) is 4.17. The van der Waals surface area contributed by atoms with Gasteiger partial charge in [-0.05, 0) is 30.5 Å². The number of amides is 1. The van der Waals surface area contributed by atoms with Gasteiger partial charge in [-0.2, -0.15) is 0 Å². The van der Waals surface area contributed by atoms with Gasteiger partial charge in [0.15, 0.2) is 0 Å². The van der Waals surface area contributed by atoms with Gasteiger partial charge in [-0.15, -0.1) is 0 Å². The van der Waals surface area contributed by atoms with E-state index in [0.29, 0.717) is 17.9 Å². The predicted octanol–water partition coefficient (Wildman–Crippen LogP) is 3.69. The number of ether oxygens (including phenoxy) is 1. The van der Waals surface area contributed by atoms with E-state index in [1.807, 2.05) is 6.07 Å². The van der Waals surface area contributed by atoms with Crippen molar-refractivity contribution >= 4 is 27.8 Å². The van der Waals surface area contributed by atoms with Crippen molar-refractivity contribution in [3.8, 4) is 0 Å². The van der Waals surface area contributed by atoms with Crippen LogP contribution in [0.25, 0.3) is 0 Å². The Morgan fingerprint density at radius 2 is 2.05 bits per heavy atom. The first-order valence-electron chi connectivity index (χ1n) is 7.74. The van der Waals surface area contributed by atoms with Gasteiger partial charge in [-0.1, -0.05) is 54.1 Å². The Balaban J connectivity index is 2.02. The van der Waals surface area contributed by atoms with E-state index in [2.05, 4.69) is 21.2 Å². The highest BCUT2D eigenvalue weighted by Gasteiger charge is 2.26. The molecule has 1 atom stereocenters. The van der Waals surface area contributed by atoms with Crippen LogP contribution in [0.4, 0.5) is 0 Å². The lowest BCUT2D eigenvalue weighted by Gasteiger charge is -2.25. The van der Waals surface area contributed by atoms with E-state index in [0.717, 1.165) is 17.3 Å². The largest absolute Gasteiger partial charge is 0.467 e. The van der Waals surface area contributed by atoms with Crippen molar-refractivity contribution < 1.29 is 14.3 Å². The summed E-state index contributed by atoms with van der Waals surface area (Å²) in [6.07, 6.45) is 6.59. The maximum absolute atomic E-state index is 12.3. The summed E-state index contributed by atoms with van der Waals surface area (Å²) in [6, 6.07) is 6.56. The molecule has 1 aromatic rings. The topological polar surface area (TPSA) is 55.4 Å². The lowest BCUT2D eigenvalue weighted by molar-refractivity contribution is -0.143. The van der Waals surface area contributed by atoms with Gasteiger partial charge < -0.3 is 10.1 Å². The fraction of sp³-hybridized carbons (Fsp3) is 0.529. The number of hydrogen-bond acceptors (Lipinski definition) is 3. The number of rotatable bonds is 5. The molecule has 22 heavy (non-hydrogen) atoms. The molecule has 0 aromatic heterocycles.